The smallest absolute Gasteiger partial charge is 0.135 e. The number of nitrogens with one attached hydrogen (secondary N) is 1. The Bertz CT molecular complexity index is 511. The van der Waals surface area contributed by atoms with Crippen LogP contribution in [-0.4, -0.2) is 10.1 Å². The lowest BCUT2D eigenvalue weighted by atomic mass is 10.2. The minimum atomic E-state index is -0.0789. The van der Waals surface area contributed by atoms with Gasteiger partial charge in [0.2, 0.25) is 0 Å². The first-order valence-electron chi connectivity index (χ1n) is 4.97. The van der Waals surface area contributed by atoms with Crippen LogP contribution in [0, 0.1) is 0 Å². The van der Waals surface area contributed by atoms with Crippen molar-refractivity contribution in [2.24, 2.45) is 0 Å². The molecule has 0 unspecified atom stereocenters. The van der Waals surface area contributed by atoms with Crippen LogP contribution in [0.3, 0.4) is 0 Å². The van der Waals surface area contributed by atoms with E-state index in [9.17, 15) is 5.11 Å². The first-order chi connectivity index (χ1) is 8.19. The molecule has 88 valence electrons. The van der Waals surface area contributed by atoms with Gasteiger partial charge in [-0.3, -0.25) is 0 Å². The molecule has 0 aliphatic carbocycles. The number of rotatable bonds is 3. The quantitative estimate of drug-likeness (QED) is 0.894. The zero-order chi connectivity index (χ0) is 12.3. The zero-order valence-electron chi connectivity index (χ0n) is 8.82. The molecule has 0 radical (unpaired) electrons. The molecule has 2 aromatic rings. The van der Waals surface area contributed by atoms with Gasteiger partial charge in [-0.25, -0.2) is 4.98 Å². The molecular weight excluding hydrogens is 259 g/mol. The van der Waals surface area contributed by atoms with E-state index in [0.717, 1.165) is 5.69 Å². The third-order valence-corrected chi connectivity index (χ3v) is 2.62. The molecule has 2 N–H and O–H groups in total. The van der Waals surface area contributed by atoms with Gasteiger partial charge in [-0.05, 0) is 24.3 Å². The molecule has 1 heterocycles. The molecule has 2 rings (SSSR count). The van der Waals surface area contributed by atoms with Gasteiger partial charge in [0, 0.05) is 27.5 Å². The minimum Gasteiger partial charge on any atom is -0.392 e. The second-order valence-electron chi connectivity index (χ2n) is 3.45. The van der Waals surface area contributed by atoms with Crippen molar-refractivity contribution in [1.29, 1.82) is 0 Å². The van der Waals surface area contributed by atoms with Gasteiger partial charge in [-0.1, -0.05) is 29.3 Å². The van der Waals surface area contributed by atoms with Gasteiger partial charge in [0.25, 0.3) is 0 Å². The second kappa shape index (κ2) is 5.36. The van der Waals surface area contributed by atoms with E-state index < -0.39 is 0 Å². The Kier molecular flexibility index (Phi) is 3.84. The average Bonchev–Trinajstić information content (AvgIpc) is 2.28. The van der Waals surface area contributed by atoms with E-state index in [1.807, 2.05) is 0 Å². The second-order valence-corrected chi connectivity index (χ2v) is 4.33. The Morgan fingerprint density at radius 1 is 1.18 bits per heavy atom. The summed E-state index contributed by atoms with van der Waals surface area (Å²) in [5, 5.41) is 13.3. The molecule has 0 aliphatic heterocycles. The van der Waals surface area contributed by atoms with Gasteiger partial charge in [-0.15, -0.1) is 0 Å². The lowest BCUT2D eigenvalue weighted by molar-refractivity contribution is 0.282. The number of benzene rings is 1. The molecule has 1 aromatic carbocycles. The molecule has 0 saturated heterocycles. The lowest BCUT2D eigenvalue weighted by Crippen LogP contribution is -1.98. The number of aliphatic hydroxyl groups is 1. The molecule has 0 saturated carbocycles. The highest BCUT2D eigenvalue weighted by molar-refractivity contribution is 6.35. The molecule has 0 amide bonds. The van der Waals surface area contributed by atoms with Gasteiger partial charge in [0.15, 0.2) is 0 Å². The van der Waals surface area contributed by atoms with Crippen LogP contribution in [0.25, 0.3) is 0 Å². The predicted octanol–water partition coefficient (Wildman–Crippen LogP) is 3.62. The molecule has 5 heteroatoms. The number of aliphatic hydroxyl groups excluding tert-OH is 1. The maximum Gasteiger partial charge on any atom is 0.135 e. The van der Waals surface area contributed by atoms with Crippen molar-refractivity contribution >= 4 is 34.7 Å². The van der Waals surface area contributed by atoms with E-state index in [1.54, 1.807) is 36.5 Å². The van der Waals surface area contributed by atoms with Crippen LogP contribution < -0.4 is 5.32 Å². The number of pyridine rings is 1. The predicted molar refractivity (Wildman–Crippen MR) is 69.9 cm³/mol. The van der Waals surface area contributed by atoms with E-state index in [2.05, 4.69) is 10.3 Å². The van der Waals surface area contributed by atoms with Crippen LogP contribution in [0.5, 0.6) is 0 Å². The van der Waals surface area contributed by atoms with Gasteiger partial charge in [0.1, 0.15) is 5.82 Å². The standard InChI is InChI=1S/C12H10Cl2N2O/c13-9-4-10(14)6-11(5-9)16-12-8(7-17)2-1-3-15-12/h1-6,17H,7H2,(H,15,16). The number of nitrogens with zero attached hydrogens (tertiary/aromatic N) is 1. The van der Waals surface area contributed by atoms with Crippen LogP contribution in [0.2, 0.25) is 10.0 Å². The van der Waals surface area contributed by atoms with Crippen molar-refractivity contribution in [3.05, 3.63) is 52.1 Å². The van der Waals surface area contributed by atoms with E-state index in [1.165, 1.54) is 0 Å². The molecule has 0 bridgehead atoms. The van der Waals surface area contributed by atoms with E-state index in [0.29, 0.717) is 21.4 Å². The summed E-state index contributed by atoms with van der Waals surface area (Å²) < 4.78 is 0. The first kappa shape index (κ1) is 12.2. The van der Waals surface area contributed by atoms with Crippen molar-refractivity contribution in [3.63, 3.8) is 0 Å². The Morgan fingerprint density at radius 3 is 2.53 bits per heavy atom. The SMILES string of the molecule is OCc1cccnc1Nc1cc(Cl)cc(Cl)c1. The lowest BCUT2D eigenvalue weighted by Gasteiger charge is -2.09. The van der Waals surface area contributed by atoms with E-state index in [-0.39, 0.29) is 6.61 Å². The van der Waals surface area contributed by atoms with Gasteiger partial charge in [-0.2, -0.15) is 0 Å². The highest BCUT2D eigenvalue weighted by Crippen LogP contribution is 2.25. The van der Waals surface area contributed by atoms with Crippen molar-refractivity contribution in [3.8, 4) is 0 Å². The molecule has 17 heavy (non-hydrogen) atoms. The van der Waals surface area contributed by atoms with Crippen LogP contribution in [-0.2, 0) is 6.61 Å². The maximum atomic E-state index is 9.17. The van der Waals surface area contributed by atoms with Gasteiger partial charge < -0.3 is 10.4 Å². The fourth-order valence-electron chi connectivity index (χ4n) is 1.44. The molecule has 0 fully saturated rings. The Hall–Kier alpha value is -1.29. The van der Waals surface area contributed by atoms with Crippen LogP contribution in [0.15, 0.2) is 36.5 Å². The average molecular weight is 269 g/mol. The highest BCUT2D eigenvalue weighted by Gasteiger charge is 2.04. The summed E-state index contributed by atoms with van der Waals surface area (Å²) in [6.45, 7) is -0.0789. The summed E-state index contributed by atoms with van der Waals surface area (Å²) in [5.41, 5.74) is 1.44. The van der Waals surface area contributed by atoms with Crippen molar-refractivity contribution in [2.75, 3.05) is 5.32 Å². The maximum absolute atomic E-state index is 9.17. The van der Waals surface area contributed by atoms with Crippen LogP contribution >= 0.6 is 23.2 Å². The number of hydrogen-bond donors (Lipinski definition) is 2. The number of anilines is 2. The third kappa shape index (κ3) is 3.09. The Balaban J connectivity index is 2.31. The molecule has 0 aliphatic rings. The Morgan fingerprint density at radius 2 is 1.88 bits per heavy atom. The van der Waals surface area contributed by atoms with Crippen LogP contribution in [0.4, 0.5) is 11.5 Å². The fourth-order valence-corrected chi connectivity index (χ4v) is 1.97. The molecule has 0 spiro atoms. The molecule has 1 aromatic heterocycles. The number of halogens is 2. The third-order valence-electron chi connectivity index (χ3n) is 2.19. The summed E-state index contributed by atoms with van der Waals surface area (Å²) in [7, 11) is 0. The van der Waals surface area contributed by atoms with Crippen molar-refractivity contribution in [1.82, 2.24) is 4.98 Å². The van der Waals surface area contributed by atoms with Crippen LogP contribution in [0.1, 0.15) is 5.56 Å². The summed E-state index contributed by atoms with van der Waals surface area (Å²) in [6, 6.07) is 8.69. The van der Waals surface area contributed by atoms with E-state index in [4.69, 9.17) is 23.2 Å². The highest BCUT2D eigenvalue weighted by atomic mass is 35.5. The van der Waals surface area contributed by atoms with Gasteiger partial charge in [0.05, 0.1) is 6.61 Å². The number of aromatic nitrogens is 1. The molecule has 3 nitrogen and oxygen atoms in total. The Labute approximate surface area is 109 Å². The summed E-state index contributed by atoms with van der Waals surface area (Å²) in [4.78, 5) is 4.15. The monoisotopic (exact) mass is 268 g/mol. The van der Waals surface area contributed by atoms with E-state index >= 15 is 0 Å². The molecule has 0 atom stereocenters. The van der Waals surface area contributed by atoms with Crippen molar-refractivity contribution < 1.29 is 5.11 Å². The fraction of sp³-hybridized carbons (Fsp3) is 0.0833. The summed E-state index contributed by atoms with van der Waals surface area (Å²) in [5.74, 6) is 0.591. The summed E-state index contributed by atoms with van der Waals surface area (Å²) in [6.07, 6.45) is 1.65. The number of hydrogen-bond acceptors (Lipinski definition) is 3. The summed E-state index contributed by atoms with van der Waals surface area (Å²) >= 11 is 11.8. The minimum absolute atomic E-state index is 0.0789. The topological polar surface area (TPSA) is 45.2 Å². The zero-order valence-corrected chi connectivity index (χ0v) is 10.3. The normalized spacial score (nSPS) is 10.3. The largest absolute Gasteiger partial charge is 0.392 e. The van der Waals surface area contributed by atoms with Gasteiger partial charge >= 0.3 is 0 Å². The first-order valence-corrected chi connectivity index (χ1v) is 5.72. The van der Waals surface area contributed by atoms with Crippen molar-refractivity contribution in [2.45, 2.75) is 6.61 Å². The molecular formula is C12H10Cl2N2O.